The van der Waals surface area contributed by atoms with E-state index in [0.29, 0.717) is 26.2 Å². The molecule has 0 fully saturated rings. The van der Waals surface area contributed by atoms with Crippen molar-refractivity contribution in [2.45, 2.75) is 0 Å². The summed E-state index contributed by atoms with van der Waals surface area (Å²) in [7, 11) is 0. The first-order valence-electron chi connectivity index (χ1n) is 2.55. The molecule has 2 aromatic rings. The van der Waals surface area contributed by atoms with Crippen molar-refractivity contribution in [3.05, 3.63) is 21.1 Å². The summed E-state index contributed by atoms with van der Waals surface area (Å²) in [6, 6.07) is 1.64. The van der Waals surface area contributed by atoms with Crippen LogP contribution in [0.25, 0.3) is 11.2 Å². The van der Waals surface area contributed by atoms with Gasteiger partial charge >= 0.3 is 0 Å². The topological polar surface area (TPSA) is 13.1 Å². The monoisotopic (exact) mass is 194 g/mol. The standard InChI is InChI=1S/C6HCl3O/c7-2-1-3-4(8)5(9)6(2)10-3/h1H. The van der Waals surface area contributed by atoms with E-state index in [-0.39, 0.29) is 0 Å². The number of fused-ring (bicyclic) bond motifs is 2. The first-order valence-corrected chi connectivity index (χ1v) is 3.69. The summed E-state index contributed by atoms with van der Waals surface area (Å²) in [5.74, 6) is 0. The highest BCUT2D eigenvalue weighted by Crippen LogP contribution is 2.41. The van der Waals surface area contributed by atoms with Crippen LogP contribution in [0.4, 0.5) is 0 Å². The van der Waals surface area contributed by atoms with Crippen molar-refractivity contribution in [2.24, 2.45) is 0 Å². The third-order valence-electron chi connectivity index (χ3n) is 1.30. The van der Waals surface area contributed by atoms with Gasteiger partial charge in [-0.25, -0.2) is 0 Å². The molecule has 52 valence electrons. The second kappa shape index (κ2) is 1.94. The van der Waals surface area contributed by atoms with Gasteiger partial charge in [-0.2, -0.15) is 0 Å². The summed E-state index contributed by atoms with van der Waals surface area (Å²) in [4.78, 5) is 0. The average molecular weight is 195 g/mol. The molecular weight excluding hydrogens is 194 g/mol. The molecule has 0 spiro atoms. The minimum Gasteiger partial charge on any atom is -0.452 e. The lowest BCUT2D eigenvalue weighted by molar-refractivity contribution is 0.675. The Morgan fingerprint density at radius 3 is 2.20 bits per heavy atom. The van der Waals surface area contributed by atoms with E-state index in [1.807, 2.05) is 0 Å². The average Bonchev–Trinajstić information content (AvgIpc) is 2.36. The lowest BCUT2D eigenvalue weighted by Crippen LogP contribution is -1.63. The maximum Gasteiger partial charge on any atom is 0.166 e. The van der Waals surface area contributed by atoms with E-state index in [9.17, 15) is 0 Å². The third-order valence-corrected chi connectivity index (χ3v) is 2.41. The molecule has 0 saturated heterocycles. The largest absolute Gasteiger partial charge is 0.452 e. The Morgan fingerprint density at radius 2 is 1.80 bits per heavy atom. The van der Waals surface area contributed by atoms with Crippen LogP contribution in [0.3, 0.4) is 0 Å². The molecule has 2 heterocycles. The Hall–Kier alpha value is -0.110. The molecule has 0 radical (unpaired) electrons. The van der Waals surface area contributed by atoms with Gasteiger partial charge in [0.2, 0.25) is 0 Å². The fourth-order valence-electron chi connectivity index (χ4n) is 0.834. The van der Waals surface area contributed by atoms with E-state index in [1.54, 1.807) is 6.07 Å². The van der Waals surface area contributed by atoms with Crippen molar-refractivity contribution in [1.82, 2.24) is 0 Å². The molecule has 2 rings (SSSR count). The van der Waals surface area contributed by atoms with Crippen LogP contribution in [-0.2, 0) is 0 Å². The van der Waals surface area contributed by atoms with E-state index >= 15 is 0 Å². The summed E-state index contributed by atoms with van der Waals surface area (Å²) >= 11 is 17.0. The first-order chi connectivity index (χ1) is 4.70. The summed E-state index contributed by atoms with van der Waals surface area (Å²) < 4.78 is 5.08. The lowest BCUT2D eigenvalue weighted by atomic mass is 10.4. The normalized spacial score (nSPS) is 11.5. The zero-order valence-electron chi connectivity index (χ0n) is 4.62. The van der Waals surface area contributed by atoms with E-state index in [4.69, 9.17) is 39.2 Å². The smallest absolute Gasteiger partial charge is 0.166 e. The molecule has 0 atom stereocenters. The van der Waals surface area contributed by atoms with Gasteiger partial charge < -0.3 is 4.42 Å². The van der Waals surface area contributed by atoms with Crippen molar-refractivity contribution in [2.75, 3.05) is 0 Å². The second-order valence-electron chi connectivity index (χ2n) is 1.92. The van der Waals surface area contributed by atoms with Crippen molar-refractivity contribution in [3.63, 3.8) is 0 Å². The predicted molar refractivity (Wildman–Crippen MR) is 42.4 cm³/mol. The van der Waals surface area contributed by atoms with Gasteiger partial charge in [0.05, 0.1) is 5.02 Å². The van der Waals surface area contributed by atoms with E-state index < -0.39 is 0 Å². The number of furan rings is 2. The van der Waals surface area contributed by atoms with Crippen LogP contribution in [0.1, 0.15) is 0 Å². The van der Waals surface area contributed by atoms with Crippen LogP contribution >= 0.6 is 34.8 Å². The Morgan fingerprint density at radius 1 is 1.10 bits per heavy atom. The van der Waals surface area contributed by atoms with Crippen LogP contribution in [0.5, 0.6) is 0 Å². The minimum atomic E-state index is 0.407. The van der Waals surface area contributed by atoms with Gasteiger partial charge in [0.25, 0.3) is 0 Å². The van der Waals surface area contributed by atoms with Crippen molar-refractivity contribution in [3.8, 4) is 0 Å². The van der Waals surface area contributed by atoms with Gasteiger partial charge in [0.15, 0.2) is 5.58 Å². The molecular formula is C6HCl3O. The van der Waals surface area contributed by atoms with Crippen LogP contribution in [0, 0.1) is 0 Å². The molecule has 4 heteroatoms. The van der Waals surface area contributed by atoms with Crippen molar-refractivity contribution in [1.29, 1.82) is 0 Å². The zero-order chi connectivity index (χ0) is 7.30. The van der Waals surface area contributed by atoms with Gasteiger partial charge in [0.1, 0.15) is 15.6 Å². The highest BCUT2D eigenvalue weighted by atomic mass is 35.5. The number of benzene rings is 1. The highest BCUT2D eigenvalue weighted by molar-refractivity contribution is 6.49. The van der Waals surface area contributed by atoms with Crippen LogP contribution < -0.4 is 0 Å². The Kier molecular flexibility index (Phi) is 1.28. The van der Waals surface area contributed by atoms with Crippen LogP contribution in [-0.4, -0.2) is 0 Å². The summed E-state index contributed by atoms with van der Waals surface area (Å²) in [5, 5.41) is 1.37. The van der Waals surface area contributed by atoms with E-state index in [1.165, 1.54) is 0 Å². The highest BCUT2D eigenvalue weighted by Gasteiger charge is 2.16. The Bertz CT molecular complexity index is 365. The molecule has 0 amide bonds. The molecule has 0 unspecified atom stereocenters. The number of hydrogen-bond acceptors (Lipinski definition) is 1. The molecule has 1 nitrogen and oxygen atoms in total. The Balaban J connectivity index is 2.95. The van der Waals surface area contributed by atoms with Gasteiger partial charge in [-0.05, 0) is 0 Å². The maximum atomic E-state index is 5.69. The Labute approximate surface area is 71.8 Å². The fraction of sp³-hybridized carbons (Fsp3) is 0. The van der Waals surface area contributed by atoms with Crippen molar-refractivity contribution >= 4 is 46.0 Å². The molecule has 10 heavy (non-hydrogen) atoms. The summed E-state index contributed by atoms with van der Waals surface area (Å²) in [6.07, 6.45) is 0. The molecule has 0 saturated carbocycles. The number of hydrogen-bond donors (Lipinski definition) is 0. The third kappa shape index (κ3) is 0.656. The molecule has 0 aromatic carbocycles. The molecule has 0 aliphatic heterocycles. The number of rotatable bonds is 0. The first kappa shape index (κ1) is 6.59. The van der Waals surface area contributed by atoms with Crippen LogP contribution in [0.2, 0.25) is 15.1 Å². The quantitative estimate of drug-likeness (QED) is 0.582. The number of halogens is 3. The summed E-state index contributed by atoms with van der Waals surface area (Å²) in [6.45, 7) is 0. The predicted octanol–water partition coefficient (Wildman–Crippen LogP) is 3.83. The van der Waals surface area contributed by atoms with Gasteiger partial charge in [-0.3, -0.25) is 0 Å². The van der Waals surface area contributed by atoms with E-state index in [2.05, 4.69) is 0 Å². The molecule has 0 aliphatic carbocycles. The summed E-state index contributed by atoms with van der Waals surface area (Å²) in [5.41, 5.74) is 1.02. The minimum absolute atomic E-state index is 0.407. The zero-order valence-corrected chi connectivity index (χ0v) is 6.89. The molecule has 2 aromatic heterocycles. The molecule has 2 bridgehead atoms. The molecule has 0 aliphatic rings. The SMILES string of the molecule is Clc1c(Cl)c2oc1cc2Cl. The molecule has 0 N–H and O–H groups in total. The van der Waals surface area contributed by atoms with Crippen molar-refractivity contribution < 1.29 is 4.42 Å². The lowest BCUT2D eigenvalue weighted by Gasteiger charge is -1.85. The van der Waals surface area contributed by atoms with Gasteiger partial charge in [0, 0.05) is 6.07 Å². The second-order valence-corrected chi connectivity index (χ2v) is 3.08. The van der Waals surface area contributed by atoms with E-state index in [0.717, 1.165) is 0 Å². The van der Waals surface area contributed by atoms with Crippen LogP contribution in [0.15, 0.2) is 10.5 Å². The fourth-order valence-corrected chi connectivity index (χ4v) is 1.53. The maximum absolute atomic E-state index is 5.69. The van der Waals surface area contributed by atoms with Gasteiger partial charge in [-0.1, -0.05) is 34.8 Å². The van der Waals surface area contributed by atoms with Gasteiger partial charge in [-0.15, -0.1) is 0 Å².